The lowest BCUT2D eigenvalue weighted by molar-refractivity contribution is -0.170. The lowest BCUT2D eigenvalue weighted by atomic mass is 9.54. The second kappa shape index (κ2) is 5.90. The summed E-state index contributed by atoms with van der Waals surface area (Å²) in [6, 6.07) is 7.87. The van der Waals surface area contributed by atoms with Gasteiger partial charge in [-0.15, -0.1) is 0 Å². The van der Waals surface area contributed by atoms with E-state index < -0.39 is 11.0 Å². The predicted molar refractivity (Wildman–Crippen MR) is 93.5 cm³/mol. The zero-order valence-corrected chi connectivity index (χ0v) is 14.8. The van der Waals surface area contributed by atoms with Gasteiger partial charge in [0.15, 0.2) is 0 Å². The van der Waals surface area contributed by atoms with Gasteiger partial charge in [-0.25, -0.2) is 0 Å². The number of aryl methyl sites for hydroxylation is 1. The molecule has 0 aliphatic heterocycles. The van der Waals surface area contributed by atoms with E-state index in [0.717, 1.165) is 22.3 Å². The highest BCUT2D eigenvalue weighted by molar-refractivity contribution is 5.89. The van der Waals surface area contributed by atoms with Crippen LogP contribution in [-0.2, 0) is 16.1 Å². The Hall–Kier alpha value is -1.85. The molecule has 1 amide bonds. The van der Waals surface area contributed by atoms with Gasteiger partial charge in [-0.3, -0.25) is 4.79 Å². The van der Waals surface area contributed by atoms with Gasteiger partial charge in [-0.05, 0) is 19.9 Å². The van der Waals surface area contributed by atoms with Crippen molar-refractivity contribution in [2.45, 2.75) is 52.3 Å². The first-order valence-electron chi connectivity index (χ1n) is 8.47. The summed E-state index contributed by atoms with van der Waals surface area (Å²) in [5, 5.41) is 4.02. The van der Waals surface area contributed by atoms with E-state index in [4.69, 9.17) is 14.9 Å². The molecular weight excluding hydrogens is 304 g/mol. The molecule has 1 saturated carbocycles. The first kappa shape index (κ1) is 17.0. The van der Waals surface area contributed by atoms with Crippen LogP contribution in [0.4, 0.5) is 0 Å². The van der Waals surface area contributed by atoms with Gasteiger partial charge in [0, 0.05) is 29.4 Å². The maximum atomic E-state index is 12.7. The Bertz CT molecular complexity index is 765. The second-order valence-corrected chi connectivity index (χ2v) is 7.17. The van der Waals surface area contributed by atoms with E-state index in [1.807, 2.05) is 52.0 Å². The average Bonchev–Trinajstić information content (AvgIpc) is 2.88. The number of nitrogens with one attached hydrogen (secondary N) is 1. The van der Waals surface area contributed by atoms with E-state index in [2.05, 4.69) is 5.32 Å². The van der Waals surface area contributed by atoms with E-state index in [9.17, 15) is 4.79 Å². The fourth-order valence-corrected chi connectivity index (χ4v) is 3.53. The summed E-state index contributed by atoms with van der Waals surface area (Å²) in [4.78, 5) is 12.7. The molecule has 130 valence electrons. The Morgan fingerprint density at radius 3 is 2.75 bits per heavy atom. The largest absolute Gasteiger partial charge is 0.459 e. The van der Waals surface area contributed by atoms with Crippen LogP contribution >= 0.6 is 0 Å². The van der Waals surface area contributed by atoms with E-state index in [0.29, 0.717) is 19.6 Å². The van der Waals surface area contributed by atoms with Crippen LogP contribution in [0.3, 0.4) is 0 Å². The van der Waals surface area contributed by atoms with Crippen LogP contribution in [0, 0.1) is 12.3 Å². The third-order valence-electron chi connectivity index (χ3n) is 5.59. The van der Waals surface area contributed by atoms with Crippen molar-refractivity contribution in [1.29, 1.82) is 0 Å². The summed E-state index contributed by atoms with van der Waals surface area (Å²) >= 11 is 0. The summed E-state index contributed by atoms with van der Waals surface area (Å²) in [6.45, 7) is 8.91. The fraction of sp³-hybridized carbons (Fsp3) is 0.526. The molecule has 1 aliphatic rings. The highest BCUT2D eigenvalue weighted by Gasteiger charge is 2.62. The van der Waals surface area contributed by atoms with Crippen molar-refractivity contribution < 1.29 is 13.9 Å². The number of ether oxygens (including phenoxy) is 1. The summed E-state index contributed by atoms with van der Waals surface area (Å²) in [6.07, 6.45) is 0.560. The summed E-state index contributed by atoms with van der Waals surface area (Å²) < 4.78 is 11.5. The van der Waals surface area contributed by atoms with Gasteiger partial charge < -0.3 is 20.2 Å². The van der Waals surface area contributed by atoms with Crippen LogP contribution in [-0.4, -0.2) is 24.2 Å². The SMILES string of the molecule is CCOC1CC(N)(C(=O)NCc2oc3ccccc3c2C)C1(C)C. The minimum atomic E-state index is -0.910. The standard InChI is InChI=1S/C19H26N2O3/c1-5-23-16-10-19(20,18(16,3)4)17(22)21-11-15-12(2)13-8-6-7-9-14(13)24-15/h6-9,16H,5,10-11,20H2,1-4H3,(H,21,22). The third kappa shape index (κ3) is 2.43. The number of carbonyl (C=O) groups is 1. The smallest absolute Gasteiger partial charge is 0.241 e. The van der Waals surface area contributed by atoms with Crippen molar-refractivity contribution in [3.8, 4) is 0 Å². The average molecular weight is 330 g/mol. The predicted octanol–water partition coefficient (Wildman–Crippen LogP) is 2.89. The zero-order valence-electron chi connectivity index (χ0n) is 14.8. The van der Waals surface area contributed by atoms with E-state index >= 15 is 0 Å². The van der Waals surface area contributed by atoms with Crippen LogP contribution in [0.5, 0.6) is 0 Å². The molecule has 24 heavy (non-hydrogen) atoms. The van der Waals surface area contributed by atoms with Gasteiger partial charge in [-0.2, -0.15) is 0 Å². The molecule has 1 aromatic heterocycles. The highest BCUT2D eigenvalue weighted by Crippen LogP contribution is 2.49. The van der Waals surface area contributed by atoms with Crippen molar-refractivity contribution in [3.63, 3.8) is 0 Å². The quantitative estimate of drug-likeness (QED) is 0.884. The van der Waals surface area contributed by atoms with Gasteiger partial charge in [-0.1, -0.05) is 32.0 Å². The molecule has 5 nitrogen and oxygen atoms in total. The summed E-state index contributed by atoms with van der Waals surface area (Å²) in [5.74, 6) is 0.620. The van der Waals surface area contributed by atoms with Gasteiger partial charge >= 0.3 is 0 Å². The fourth-order valence-electron chi connectivity index (χ4n) is 3.53. The first-order valence-corrected chi connectivity index (χ1v) is 8.47. The Balaban J connectivity index is 1.70. The molecule has 3 rings (SSSR count). The first-order chi connectivity index (χ1) is 11.3. The van der Waals surface area contributed by atoms with Gasteiger partial charge in [0.25, 0.3) is 0 Å². The Kier molecular flexibility index (Phi) is 4.18. The van der Waals surface area contributed by atoms with Crippen LogP contribution in [0.1, 0.15) is 38.5 Å². The molecule has 1 aliphatic carbocycles. The second-order valence-electron chi connectivity index (χ2n) is 7.17. The molecule has 1 heterocycles. The topological polar surface area (TPSA) is 77.5 Å². The molecule has 0 spiro atoms. The number of amides is 1. The number of nitrogens with two attached hydrogens (primary N) is 1. The summed E-state index contributed by atoms with van der Waals surface area (Å²) in [5.41, 5.74) is 6.98. The van der Waals surface area contributed by atoms with E-state index in [1.54, 1.807) is 0 Å². The van der Waals surface area contributed by atoms with E-state index in [1.165, 1.54) is 0 Å². The minimum absolute atomic E-state index is 0.0196. The number of para-hydroxylation sites is 1. The lowest BCUT2D eigenvalue weighted by Gasteiger charge is -2.57. The zero-order chi connectivity index (χ0) is 17.5. The molecule has 1 fully saturated rings. The third-order valence-corrected chi connectivity index (χ3v) is 5.59. The molecule has 2 unspecified atom stereocenters. The normalized spacial score (nSPS) is 25.5. The van der Waals surface area contributed by atoms with Crippen molar-refractivity contribution in [2.75, 3.05) is 6.61 Å². The van der Waals surface area contributed by atoms with Crippen molar-refractivity contribution in [3.05, 3.63) is 35.6 Å². The maximum absolute atomic E-state index is 12.7. The monoisotopic (exact) mass is 330 g/mol. The molecule has 5 heteroatoms. The molecule has 0 saturated heterocycles. The maximum Gasteiger partial charge on any atom is 0.241 e. The lowest BCUT2D eigenvalue weighted by Crippen LogP contribution is -2.75. The van der Waals surface area contributed by atoms with Crippen molar-refractivity contribution in [2.24, 2.45) is 11.1 Å². The highest BCUT2D eigenvalue weighted by atomic mass is 16.5. The Morgan fingerprint density at radius 1 is 1.42 bits per heavy atom. The van der Waals surface area contributed by atoms with Crippen molar-refractivity contribution >= 4 is 16.9 Å². The number of benzene rings is 1. The Morgan fingerprint density at radius 2 is 2.12 bits per heavy atom. The van der Waals surface area contributed by atoms with Gasteiger partial charge in [0.2, 0.25) is 5.91 Å². The molecule has 0 radical (unpaired) electrons. The van der Waals surface area contributed by atoms with Crippen LogP contribution in [0.2, 0.25) is 0 Å². The molecular formula is C19H26N2O3. The molecule has 1 aromatic carbocycles. The van der Waals surface area contributed by atoms with Crippen LogP contribution in [0.15, 0.2) is 28.7 Å². The van der Waals surface area contributed by atoms with E-state index in [-0.39, 0.29) is 12.0 Å². The number of carbonyl (C=O) groups excluding carboxylic acids is 1. The number of fused-ring (bicyclic) bond motifs is 1. The van der Waals surface area contributed by atoms with Crippen LogP contribution < -0.4 is 11.1 Å². The molecule has 2 aromatic rings. The van der Waals surface area contributed by atoms with Crippen LogP contribution in [0.25, 0.3) is 11.0 Å². The number of furan rings is 1. The van der Waals surface area contributed by atoms with Gasteiger partial charge in [0.05, 0.1) is 12.6 Å². The number of hydrogen-bond acceptors (Lipinski definition) is 4. The Labute approximate surface area is 142 Å². The number of rotatable bonds is 5. The van der Waals surface area contributed by atoms with Gasteiger partial charge in [0.1, 0.15) is 16.9 Å². The molecule has 3 N–H and O–H groups in total. The minimum Gasteiger partial charge on any atom is -0.459 e. The molecule has 2 atom stereocenters. The molecule has 0 bridgehead atoms. The summed E-state index contributed by atoms with van der Waals surface area (Å²) in [7, 11) is 0. The van der Waals surface area contributed by atoms with Crippen molar-refractivity contribution in [1.82, 2.24) is 5.32 Å². The number of hydrogen-bond donors (Lipinski definition) is 2.